The van der Waals surface area contributed by atoms with Gasteiger partial charge in [-0.3, -0.25) is 9.59 Å². The van der Waals surface area contributed by atoms with Gasteiger partial charge in [0.2, 0.25) is 11.8 Å². The molecule has 0 spiro atoms. The Balaban J connectivity index is 2.18. The predicted molar refractivity (Wildman–Crippen MR) is 69.9 cm³/mol. The van der Waals surface area contributed by atoms with Gasteiger partial charge in [0.1, 0.15) is 11.5 Å². The van der Waals surface area contributed by atoms with E-state index in [1.165, 1.54) is 0 Å². The van der Waals surface area contributed by atoms with Gasteiger partial charge in [0.05, 0.1) is 6.07 Å². The van der Waals surface area contributed by atoms with Crippen LogP contribution in [-0.4, -0.2) is 36.3 Å². The molecule has 1 N–H and O–H groups in total. The third-order valence-electron chi connectivity index (χ3n) is 4.39. The first-order chi connectivity index (χ1) is 9.14. The molecule has 0 aromatic heterocycles. The molecule has 1 aliphatic carbocycles. The Bertz CT molecular complexity index is 407. The van der Waals surface area contributed by atoms with Crippen LogP contribution in [0.15, 0.2) is 0 Å². The van der Waals surface area contributed by atoms with E-state index in [0.29, 0.717) is 25.8 Å². The third kappa shape index (κ3) is 2.44. The molecule has 1 heterocycles. The van der Waals surface area contributed by atoms with E-state index in [-0.39, 0.29) is 17.9 Å². The van der Waals surface area contributed by atoms with Crippen molar-refractivity contribution in [2.75, 3.05) is 13.6 Å². The van der Waals surface area contributed by atoms with Gasteiger partial charge in [-0.25, -0.2) is 0 Å². The van der Waals surface area contributed by atoms with E-state index < -0.39 is 5.41 Å². The summed E-state index contributed by atoms with van der Waals surface area (Å²) in [6, 6.07) is 1.86. The highest BCUT2D eigenvalue weighted by Gasteiger charge is 2.46. The molecule has 1 unspecified atom stereocenters. The normalized spacial score (nSPS) is 25.7. The Morgan fingerprint density at radius 3 is 2.53 bits per heavy atom. The molecule has 1 aliphatic heterocycles. The van der Waals surface area contributed by atoms with Gasteiger partial charge >= 0.3 is 0 Å². The molecule has 2 rings (SSSR count). The quantitative estimate of drug-likeness (QED) is 0.813. The van der Waals surface area contributed by atoms with Gasteiger partial charge in [-0.05, 0) is 25.7 Å². The maximum Gasteiger partial charge on any atom is 0.243 e. The van der Waals surface area contributed by atoms with Gasteiger partial charge in [0, 0.05) is 13.6 Å². The molecule has 0 aromatic carbocycles. The molecule has 19 heavy (non-hydrogen) atoms. The summed E-state index contributed by atoms with van der Waals surface area (Å²) < 4.78 is 0. The Hall–Kier alpha value is -1.57. The fraction of sp³-hybridized carbons (Fsp3) is 0.786. The van der Waals surface area contributed by atoms with E-state index in [2.05, 4.69) is 11.4 Å². The fourth-order valence-corrected chi connectivity index (χ4v) is 3.25. The second kappa shape index (κ2) is 5.60. The third-order valence-corrected chi connectivity index (χ3v) is 4.39. The number of carbonyl (C=O) groups is 2. The van der Waals surface area contributed by atoms with Crippen molar-refractivity contribution in [1.29, 1.82) is 5.26 Å². The lowest BCUT2D eigenvalue weighted by Crippen LogP contribution is -2.51. The van der Waals surface area contributed by atoms with E-state index in [0.717, 1.165) is 25.7 Å². The molecule has 0 aromatic rings. The number of likely N-dealkylation sites (N-methyl/N-ethyl adjacent to an activating group) is 1. The highest BCUT2D eigenvalue weighted by atomic mass is 16.2. The molecular formula is C14H21N3O2. The van der Waals surface area contributed by atoms with E-state index in [4.69, 9.17) is 0 Å². The molecule has 1 saturated carbocycles. The first-order valence-electron chi connectivity index (χ1n) is 7.08. The van der Waals surface area contributed by atoms with Crippen LogP contribution in [0, 0.1) is 16.7 Å². The summed E-state index contributed by atoms with van der Waals surface area (Å²) in [5, 5.41) is 12.1. The van der Waals surface area contributed by atoms with Gasteiger partial charge in [0.15, 0.2) is 0 Å². The van der Waals surface area contributed by atoms with Crippen molar-refractivity contribution in [3.8, 4) is 6.07 Å². The van der Waals surface area contributed by atoms with Crippen molar-refractivity contribution >= 4 is 11.8 Å². The average Bonchev–Trinajstić information content (AvgIpc) is 2.95. The minimum absolute atomic E-state index is 0.116. The molecule has 0 radical (unpaired) electrons. The van der Waals surface area contributed by atoms with Gasteiger partial charge < -0.3 is 10.2 Å². The van der Waals surface area contributed by atoms with Crippen LogP contribution in [0.5, 0.6) is 0 Å². The number of likely N-dealkylation sites (tertiary alicyclic amines) is 1. The molecule has 5 heteroatoms. The molecular weight excluding hydrogens is 242 g/mol. The lowest BCUT2D eigenvalue weighted by Gasteiger charge is -2.35. The van der Waals surface area contributed by atoms with Crippen LogP contribution >= 0.6 is 0 Å². The van der Waals surface area contributed by atoms with Gasteiger partial charge in [-0.2, -0.15) is 5.26 Å². The van der Waals surface area contributed by atoms with Crippen LogP contribution in [0.2, 0.25) is 0 Å². The first-order valence-corrected chi connectivity index (χ1v) is 7.08. The van der Waals surface area contributed by atoms with Crippen molar-refractivity contribution in [1.82, 2.24) is 10.2 Å². The Kier molecular flexibility index (Phi) is 4.08. The zero-order chi connectivity index (χ0) is 13.9. The topological polar surface area (TPSA) is 73.2 Å². The molecule has 1 atom stereocenters. The van der Waals surface area contributed by atoms with Crippen LogP contribution in [0.3, 0.4) is 0 Å². The number of nitrogens with one attached hydrogen (secondary N) is 1. The van der Waals surface area contributed by atoms with Crippen molar-refractivity contribution in [3.05, 3.63) is 0 Å². The van der Waals surface area contributed by atoms with E-state index in [9.17, 15) is 14.9 Å². The minimum atomic E-state index is -0.880. The number of rotatable bonds is 2. The molecule has 2 fully saturated rings. The highest BCUT2D eigenvalue weighted by molar-refractivity contribution is 5.92. The second-order valence-electron chi connectivity index (χ2n) is 5.53. The standard InChI is InChI=1S/C14H21N3O2/c1-16-12(18)11-6-5-9-17(11)13(19)14(10-15)7-3-2-4-8-14/h11H,2-9H2,1H3,(H,16,18). The van der Waals surface area contributed by atoms with Gasteiger partial charge in [-0.1, -0.05) is 19.3 Å². The van der Waals surface area contributed by atoms with Gasteiger partial charge in [0.25, 0.3) is 0 Å². The summed E-state index contributed by atoms with van der Waals surface area (Å²) in [6.07, 6.45) is 5.77. The smallest absolute Gasteiger partial charge is 0.243 e. The number of hydrogen-bond donors (Lipinski definition) is 1. The Morgan fingerprint density at radius 1 is 1.26 bits per heavy atom. The number of amides is 2. The number of hydrogen-bond acceptors (Lipinski definition) is 3. The zero-order valence-corrected chi connectivity index (χ0v) is 11.4. The highest BCUT2D eigenvalue weighted by Crippen LogP contribution is 2.39. The molecule has 1 saturated heterocycles. The van der Waals surface area contributed by atoms with E-state index in [1.54, 1.807) is 11.9 Å². The summed E-state index contributed by atoms with van der Waals surface area (Å²) in [5.41, 5.74) is -0.880. The summed E-state index contributed by atoms with van der Waals surface area (Å²) >= 11 is 0. The lowest BCUT2D eigenvalue weighted by molar-refractivity contribution is -0.145. The van der Waals surface area contributed by atoms with Crippen LogP contribution < -0.4 is 5.32 Å². The SMILES string of the molecule is CNC(=O)C1CCCN1C(=O)C1(C#N)CCCCC1. The Labute approximate surface area is 113 Å². The minimum Gasteiger partial charge on any atom is -0.357 e. The molecule has 5 nitrogen and oxygen atoms in total. The Morgan fingerprint density at radius 2 is 1.95 bits per heavy atom. The lowest BCUT2D eigenvalue weighted by atomic mass is 9.74. The van der Waals surface area contributed by atoms with Crippen LogP contribution in [0.4, 0.5) is 0 Å². The summed E-state index contributed by atoms with van der Waals surface area (Å²) in [4.78, 5) is 26.2. The number of nitriles is 1. The second-order valence-corrected chi connectivity index (χ2v) is 5.53. The monoisotopic (exact) mass is 263 g/mol. The molecule has 0 bridgehead atoms. The number of carbonyl (C=O) groups excluding carboxylic acids is 2. The van der Waals surface area contributed by atoms with E-state index >= 15 is 0 Å². The molecule has 2 amide bonds. The predicted octanol–water partition coefficient (Wildman–Crippen LogP) is 1.20. The maximum atomic E-state index is 12.7. The van der Waals surface area contributed by atoms with Crippen molar-refractivity contribution in [2.24, 2.45) is 5.41 Å². The maximum absolute atomic E-state index is 12.7. The summed E-state index contributed by atoms with van der Waals surface area (Å²) in [7, 11) is 1.59. The van der Waals surface area contributed by atoms with Crippen molar-refractivity contribution in [2.45, 2.75) is 51.0 Å². The van der Waals surface area contributed by atoms with Gasteiger partial charge in [-0.15, -0.1) is 0 Å². The number of nitrogens with zero attached hydrogens (tertiary/aromatic N) is 2. The van der Waals surface area contributed by atoms with Crippen LogP contribution in [0.25, 0.3) is 0 Å². The average molecular weight is 263 g/mol. The summed E-state index contributed by atoms with van der Waals surface area (Å²) in [5.74, 6) is -0.240. The largest absolute Gasteiger partial charge is 0.357 e. The van der Waals surface area contributed by atoms with Crippen LogP contribution in [-0.2, 0) is 9.59 Å². The molecule has 2 aliphatic rings. The van der Waals surface area contributed by atoms with Crippen molar-refractivity contribution < 1.29 is 9.59 Å². The van der Waals surface area contributed by atoms with Crippen LogP contribution in [0.1, 0.15) is 44.9 Å². The first kappa shape index (κ1) is 13.9. The molecule has 104 valence electrons. The fourth-order valence-electron chi connectivity index (χ4n) is 3.25. The summed E-state index contributed by atoms with van der Waals surface area (Å²) in [6.45, 7) is 0.598. The zero-order valence-electron chi connectivity index (χ0n) is 11.4. The van der Waals surface area contributed by atoms with E-state index in [1.807, 2.05) is 0 Å². The van der Waals surface area contributed by atoms with Crippen molar-refractivity contribution in [3.63, 3.8) is 0 Å².